The molecule has 1 amide bonds. The van der Waals surface area contributed by atoms with Crippen molar-refractivity contribution in [1.29, 1.82) is 0 Å². The highest BCUT2D eigenvalue weighted by Crippen LogP contribution is 2.18. The molecule has 108 valence electrons. The summed E-state index contributed by atoms with van der Waals surface area (Å²) in [6.45, 7) is 5.05. The van der Waals surface area contributed by atoms with E-state index in [2.05, 4.69) is 5.32 Å². The van der Waals surface area contributed by atoms with Gasteiger partial charge in [0.25, 0.3) is 5.91 Å². The van der Waals surface area contributed by atoms with Gasteiger partial charge in [-0.3, -0.25) is 4.79 Å². The van der Waals surface area contributed by atoms with E-state index in [-0.39, 0.29) is 25.2 Å². The fraction of sp³-hybridized carbons (Fsp3) is 0.615. The van der Waals surface area contributed by atoms with Crippen molar-refractivity contribution in [3.8, 4) is 0 Å². The molecule has 0 aromatic carbocycles. The summed E-state index contributed by atoms with van der Waals surface area (Å²) in [4.78, 5) is 12.3. The van der Waals surface area contributed by atoms with Crippen molar-refractivity contribution in [3.63, 3.8) is 0 Å². The minimum absolute atomic E-state index is 0.0947. The van der Waals surface area contributed by atoms with Gasteiger partial charge < -0.3 is 25.8 Å². The average molecular weight is 269 g/mol. The first-order valence-corrected chi connectivity index (χ1v) is 6.40. The van der Waals surface area contributed by atoms with Crippen LogP contribution in [0.4, 0.5) is 5.69 Å². The standard InChI is InChI=1S/C13H23N3O3/c1-4-13(7-17,8-18)15-12(19)11-5-10(14)6-16(11)9(2)3/h5-6,9,17-18H,4,7-8,14H2,1-3H3,(H,15,19). The van der Waals surface area contributed by atoms with E-state index in [1.54, 1.807) is 23.8 Å². The molecule has 0 fully saturated rings. The first-order chi connectivity index (χ1) is 8.89. The Bertz CT molecular complexity index is 428. The van der Waals surface area contributed by atoms with Crippen LogP contribution in [0, 0.1) is 0 Å². The number of nitrogens with zero attached hydrogens (tertiary/aromatic N) is 1. The van der Waals surface area contributed by atoms with E-state index in [1.807, 2.05) is 13.8 Å². The number of carbonyl (C=O) groups excluding carboxylic acids is 1. The molecule has 0 saturated carbocycles. The minimum Gasteiger partial charge on any atom is -0.397 e. The zero-order valence-corrected chi connectivity index (χ0v) is 11.7. The van der Waals surface area contributed by atoms with E-state index in [0.717, 1.165) is 0 Å². The maximum absolute atomic E-state index is 12.3. The number of nitrogens with one attached hydrogen (secondary N) is 1. The maximum atomic E-state index is 12.3. The van der Waals surface area contributed by atoms with Gasteiger partial charge in [0.05, 0.1) is 24.4 Å². The summed E-state index contributed by atoms with van der Waals surface area (Å²) in [5.41, 5.74) is 5.65. The lowest BCUT2D eigenvalue weighted by Crippen LogP contribution is -2.54. The summed E-state index contributed by atoms with van der Waals surface area (Å²) >= 11 is 0. The molecule has 19 heavy (non-hydrogen) atoms. The molecule has 1 aromatic heterocycles. The lowest BCUT2D eigenvalue weighted by Gasteiger charge is -2.30. The van der Waals surface area contributed by atoms with E-state index in [4.69, 9.17) is 5.73 Å². The molecule has 0 atom stereocenters. The molecule has 0 aliphatic rings. The number of hydrogen-bond acceptors (Lipinski definition) is 4. The van der Waals surface area contributed by atoms with E-state index >= 15 is 0 Å². The number of anilines is 1. The Hall–Kier alpha value is -1.53. The second-order valence-corrected chi connectivity index (χ2v) is 5.06. The van der Waals surface area contributed by atoms with Crippen molar-refractivity contribution < 1.29 is 15.0 Å². The van der Waals surface area contributed by atoms with Crippen molar-refractivity contribution in [1.82, 2.24) is 9.88 Å². The molecule has 0 aliphatic heterocycles. The Labute approximate surface area is 113 Å². The smallest absolute Gasteiger partial charge is 0.268 e. The third-order valence-corrected chi connectivity index (χ3v) is 3.32. The van der Waals surface area contributed by atoms with E-state index < -0.39 is 5.54 Å². The van der Waals surface area contributed by atoms with Gasteiger partial charge in [-0.2, -0.15) is 0 Å². The third kappa shape index (κ3) is 3.27. The average Bonchev–Trinajstić information content (AvgIpc) is 2.78. The molecule has 1 rings (SSSR count). The highest BCUT2D eigenvalue weighted by atomic mass is 16.3. The number of aliphatic hydroxyl groups excluding tert-OH is 2. The maximum Gasteiger partial charge on any atom is 0.268 e. The summed E-state index contributed by atoms with van der Waals surface area (Å²) in [6.07, 6.45) is 2.13. The molecule has 0 aliphatic carbocycles. The number of nitrogens with two attached hydrogens (primary N) is 1. The third-order valence-electron chi connectivity index (χ3n) is 3.32. The SMILES string of the molecule is CCC(CO)(CO)NC(=O)c1cc(N)cn1C(C)C. The summed E-state index contributed by atoms with van der Waals surface area (Å²) in [6, 6.07) is 1.68. The quantitative estimate of drug-likeness (QED) is 0.604. The fourth-order valence-corrected chi connectivity index (χ4v) is 1.86. The van der Waals surface area contributed by atoms with Gasteiger partial charge in [0.2, 0.25) is 0 Å². The molecule has 6 nitrogen and oxygen atoms in total. The largest absolute Gasteiger partial charge is 0.397 e. The fourth-order valence-electron chi connectivity index (χ4n) is 1.86. The predicted octanol–water partition coefficient (Wildman–Crippen LogP) is 0.514. The Balaban J connectivity index is 3.01. The Morgan fingerprint density at radius 2 is 2.05 bits per heavy atom. The monoisotopic (exact) mass is 269 g/mol. The van der Waals surface area contributed by atoms with Crippen LogP contribution in [0.15, 0.2) is 12.3 Å². The molecule has 6 heteroatoms. The van der Waals surface area contributed by atoms with Gasteiger partial charge in [-0.25, -0.2) is 0 Å². The normalized spacial score (nSPS) is 11.9. The lowest BCUT2D eigenvalue weighted by atomic mass is 9.98. The molecule has 0 unspecified atom stereocenters. The van der Waals surface area contributed by atoms with E-state index in [1.165, 1.54) is 0 Å². The van der Waals surface area contributed by atoms with Crippen molar-refractivity contribution >= 4 is 11.6 Å². The topological polar surface area (TPSA) is 101 Å². The van der Waals surface area contributed by atoms with Crippen molar-refractivity contribution in [2.24, 2.45) is 0 Å². The van der Waals surface area contributed by atoms with Gasteiger partial charge >= 0.3 is 0 Å². The summed E-state index contributed by atoms with van der Waals surface area (Å²) in [5.74, 6) is -0.352. The zero-order chi connectivity index (χ0) is 14.6. The van der Waals surface area contributed by atoms with Crippen LogP contribution in [0.25, 0.3) is 0 Å². The highest BCUT2D eigenvalue weighted by Gasteiger charge is 2.30. The number of amides is 1. The van der Waals surface area contributed by atoms with Crippen molar-refractivity contribution in [3.05, 3.63) is 18.0 Å². The molecule has 1 heterocycles. The van der Waals surface area contributed by atoms with Gasteiger partial charge in [-0.15, -0.1) is 0 Å². The molecule has 5 N–H and O–H groups in total. The number of rotatable bonds is 6. The van der Waals surface area contributed by atoms with Crippen LogP contribution in [-0.2, 0) is 0 Å². The lowest BCUT2D eigenvalue weighted by molar-refractivity contribution is 0.0645. The van der Waals surface area contributed by atoms with Gasteiger partial charge in [0, 0.05) is 12.2 Å². The second kappa shape index (κ2) is 6.08. The number of aromatic nitrogens is 1. The number of carbonyl (C=O) groups is 1. The van der Waals surface area contributed by atoms with Crippen LogP contribution < -0.4 is 11.1 Å². The van der Waals surface area contributed by atoms with Gasteiger partial charge in [0.15, 0.2) is 0 Å². The zero-order valence-electron chi connectivity index (χ0n) is 11.7. The summed E-state index contributed by atoms with van der Waals surface area (Å²) in [7, 11) is 0. The van der Waals surface area contributed by atoms with Crippen molar-refractivity contribution in [2.75, 3.05) is 18.9 Å². The first kappa shape index (κ1) is 15.5. The summed E-state index contributed by atoms with van der Waals surface area (Å²) < 4.78 is 1.76. The predicted molar refractivity (Wildman–Crippen MR) is 73.9 cm³/mol. The molecule has 1 aromatic rings. The Morgan fingerprint density at radius 3 is 2.47 bits per heavy atom. The highest BCUT2D eigenvalue weighted by molar-refractivity contribution is 5.94. The molecule has 0 radical (unpaired) electrons. The minimum atomic E-state index is -1.00. The molecule has 0 saturated heterocycles. The van der Waals surface area contributed by atoms with Crippen LogP contribution >= 0.6 is 0 Å². The van der Waals surface area contributed by atoms with Gasteiger partial charge in [0.1, 0.15) is 5.69 Å². The number of hydrogen-bond donors (Lipinski definition) is 4. The van der Waals surface area contributed by atoms with Crippen LogP contribution in [0.3, 0.4) is 0 Å². The molecule has 0 spiro atoms. The number of nitrogen functional groups attached to an aromatic ring is 1. The van der Waals surface area contributed by atoms with Crippen LogP contribution in [0.1, 0.15) is 43.7 Å². The van der Waals surface area contributed by atoms with Gasteiger partial charge in [-0.05, 0) is 26.3 Å². The molecular weight excluding hydrogens is 246 g/mol. The van der Waals surface area contributed by atoms with Gasteiger partial charge in [-0.1, -0.05) is 6.92 Å². The van der Waals surface area contributed by atoms with Crippen molar-refractivity contribution in [2.45, 2.75) is 38.8 Å². The van der Waals surface area contributed by atoms with E-state index in [0.29, 0.717) is 17.8 Å². The first-order valence-electron chi connectivity index (χ1n) is 6.40. The Kier molecular flexibility index (Phi) is 4.97. The molecular formula is C13H23N3O3. The summed E-state index contributed by atoms with van der Waals surface area (Å²) in [5, 5.41) is 21.4. The van der Waals surface area contributed by atoms with Crippen LogP contribution in [-0.4, -0.2) is 39.4 Å². The second-order valence-electron chi connectivity index (χ2n) is 5.06. The Morgan fingerprint density at radius 1 is 1.47 bits per heavy atom. The van der Waals surface area contributed by atoms with Crippen LogP contribution in [0.2, 0.25) is 0 Å². The van der Waals surface area contributed by atoms with Crippen LogP contribution in [0.5, 0.6) is 0 Å². The molecule has 0 bridgehead atoms. The number of aliphatic hydroxyl groups is 2. The van der Waals surface area contributed by atoms with E-state index in [9.17, 15) is 15.0 Å².